The van der Waals surface area contributed by atoms with Gasteiger partial charge in [0.15, 0.2) is 0 Å². The molecule has 24 heavy (non-hydrogen) atoms. The summed E-state index contributed by atoms with van der Waals surface area (Å²) in [4.78, 5) is 23.1. The first-order valence-electron chi connectivity index (χ1n) is 8.04. The molecule has 4 rings (SSSR count). The van der Waals surface area contributed by atoms with Gasteiger partial charge < -0.3 is 4.90 Å². The molecule has 1 aliphatic rings. The number of hydrogen-bond acceptors (Lipinski definition) is 4. The van der Waals surface area contributed by atoms with Crippen LogP contribution >= 0.6 is 0 Å². The molecular formula is C17H18N6O. The van der Waals surface area contributed by atoms with Gasteiger partial charge in [0.05, 0.1) is 6.04 Å². The molecule has 7 heteroatoms. The van der Waals surface area contributed by atoms with Gasteiger partial charge in [-0.05, 0) is 31.0 Å². The number of hydrogen-bond donors (Lipinski definition) is 0. The predicted molar refractivity (Wildman–Crippen MR) is 87.8 cm³/mol. The molecule has 1 saturated heterocycles. The highest BCUT2D eigenvalue weighted by Gasteiger charge is 2.26. The summed E-state index contributed by atoms with van der Waals surface area (Å²) in [5.41, 5.74) is 0.648. The number of rotatable bonds is 3. The average molecular weight is 322 g/mol. The molecule has 0 aromatic carbocycles. The summed E-state index contributed by atoms with van der Waals surface area (Å²) in [6.07, 6.45) is 12.6. The summed E-state index contributed by atoms with van der Waals surface area (Å²) in [6, 6.07) is 5.73. The second kappa shape index (κ2) is 6.27. The van der Waals surface area contributed by atoms with Crippen LogP contribution in [0.4, 0.5) is 0 Å². The van der Waals surface area contributed by atoms with E-state index in [4.69, 9.17) is 0 Å². The van der Waals surface area contributed by atoms with E-state index in [0.717, 1.165) is 19.4 Å². The minimum atomic E-state index is 0.0376. The van der Waals surface area contributed by atoms with Gasteiger partial charge in [0.2, 0.25) is 0 Å². The molecule has 4 heterocycles. The van der Waals surface area contributed by atoms with E-state index in [1.54, 1.807) is 35.6 Å². The van der Waals surface area contributed by atoms with E-state index in [0.29, 0.717) is 17.9 Å². The minimum Gasteiger partial charge on any atom is -0.336 e. The maximum atomic E-state index is 12.9. The lowest BCUT2D eigenvalue weighted by Crippen LogP contribution is -2.40. The molecule has 0 spiro atoms. The number of carbonyl (C=O) groups excluding carboxylic acids is 1. The van der Waals surface area contributed by atoms with Crippen LogP contribution in [0.1, 0.15) is 29.2 Å². The second-order valence-corrected chi connectivity index (χ2v) is 5.91. The summed E-state index contributed by atoms with van der Waals surface area (Å²) in [6.45, 7) is 1.46. The van der Waals surface area contributed by atoms with Crippen LogP contribution in [-0.4, -0.2) is 48.2 Å². The SMILES string of the molecule is O=C(c1ccnc(-n2ccnc2)c1)N1CCCC(n2cccn2)C1. The van der Waals surface area contributed by atoms with Gasteiger partial charge >= 0.3 is 0 Å². The number of likely N-dealkylation sites (tertiary alicyclic amines) is 1. The topological polar surface area (TPSA) is 68.8 Å². The van der Waals surface area contributed by atoms with Crippen molar-refractivity contribution in [3.63, 3.8) is 0 Å². The third-order valence-electron chi connectivity index (χ3n) is 4.34. The van der Waals surface area contributed by atoms with Crippen LogP contribution in [0, 0.1) is 0 Å². The molecule has 7 nitrogen and oxygen atoms in total. The molecule has 3 aromatic rings. The fourth-order valence-electron chi connectivity index (χ4n) is 3.12. The molecule has 1 atom stereocenters. The zero-order chi connectivity index (χ0) is 16.4. The molecule has 0 radical (unpaired) electrons. The molecule has 122 valence electrons. The lowest BCUT2D eigenvalue weighted by Gasteiger charge is -2.33. The Morgan fingerprint density at radius 1 is 1.21 bits per heavy atom. The van der Waals surface area contributed by atoms with Crippen LogP contribution in [0.5, 0.6) is 0 Å². The van der Waals surface area contributed by atoms with Gasteiger partial charge in [0.25, 0.3) is 5.91 Å². The highest BCUT2D eigenvalue weighted by molar-refractivity contribution is 5.94. The number of aromatic nitrogens is 5. The van der Waals surface area contributed by atoms with Crippen molar-refractivity contribution in [2.24, 2.45) is 0 Å². The molecule has 1 aliphatic heterocycles. The highest BCUT2D eigenvalue weighted by atomic mass is 16.2. The summed E-state index contributed by atoms with van der Waals surface area (Å²) in [5, 5.41) is 4.31. The van der Waals surface area contributed by atoms with Crippen LogP contribution < -0.4 is 0 Å². The fourth-order valence-corrected chi connectivity index (χ4v) is 3.12. The Morgan fingerprint density at radius 2 is 2.17 bits per heavy atom. The van der Waals surface area contributed by atoms with Crippen molar-refractivity contribution in [2.75, 3.05) is 13.1 Å². The first-order valence-corrected chi connectivity index (χ1v) is 8.04. The highest BCUT2D eigenvalue weighted by Crippen LogP contribution is 2.22. The standard InChI is InChI=1S/C17H18N6O/c24-17(14-4-6-19-16(11-14)22-10-7-18-13-22)21-8-1-3-15(12-21)23-9-2-5-20-23/h2,4-7,9-11,13,15H,1,3,8,12H2. The smallest absolute Gasteiger partial charge is 0.254 e. The zero-order valence-corrected chi connectivity index (χ0v) is 13.2. The first kappa shape index (κ1) is 14.6. The maximum Gasteiger partial charge on any atom is 0.254 e. The Morgan fingerprint density at radius 3 is 2.96 bits per heavy atom. The Kier molecular flexibility index (Phi) is 3.82. The Bertz CT molecular complexity index is 811. The number of pyridine rings is 1. The molecule has 0 aliphatic carbocycles. The zero-order valence-electron chi connectivity index (χ0n) is 13.2. The van der Waals surface area contributed by atoms with E-state index in [1.807, 2.05) is 34.1 Å². The van der Waals surface area contributed by atoms with E-state index in [-0.39, 0.29) is 11.9 Å². The van der Waals surface area contributed by atoms with Gasteiger partial charge in [-0.3, -0.25) is 14.0 Å². The van der Waals surface area contributed by atoms with E-state index in [9.17, 15) is 4.79 Å². The van der Waals surface area contributed by atoms with E-state index in [1.165, 1.54) is 0 Å². The van der Waals surface area contributed by atoms with Crippen molar-refractivity contribution in [1.82, 2.24) is 29.2 Å². The summed E-state index contributed by atoms with van der Waals surface area (Å²) < 4.78 is 3.74. The monoisotopic (exact) mass is 322 g/mol. The van der Waals surface area contributed by atoms with Crippen molar-refractivity contribution in [1.29, 1.82) is 0 Å². The Hall–Kier alpha value is -2.96. The molecule has 0 saturated carbocycles. The Labute approximate surface area is 139 Å². The molecule has 0 N–H and O–H groups in total. The van der Waals surface area contributed by atoms with Crippen LogP contribution in [-0.2, 0) is 0 Å². The van der Waals surface area contributed by atoms with Gasteiger partial charge in [-0.25, -0.2) is 9.97 Å². The van der Waals surface area contributed by atoms with Crippen LogP contribution in [0.25, 0.3) is 5.82 Å². The van der Waals surface area contributed by atoms with Gasteiger partial charge in [-0.15, -0.1) is 0 Å². The minimum absolute atomic E-state index is 0.0376. The summed E-state index contributed by atoms with van der Waals surface area (Å²) in [7, 11) is 0. The number of piperidine rings is 1. The van der Waals surface area contributed by atoms with Crippen molar-refractivity contribution < 1.29 is 4.79 Å². The van der Waals surface area contributed by atoms with Crippen molar-refractivity contribution in [3.05, 3.63) is 61.1 Å². The lowest BCUT2D eigenvalue weighted by molar-refractivity contribution is 0.0673. The van der Waals surface area contributed by atoms with Crippen LogP contribution in [0.2, 0.25) is 0 Å². The Balaban J connectivity index is 1.54. The predicted octanol–water partition coefficient (Wildman–Crippen LogP) is 1.94. The largest absolute Gasteiger partial charge is 0.336 e. The summed E-state index contributed by atoms with van der Waals surface area (Å²) in [5.74, 6) is 0.731. The number of nitrogens with zero attached hydrogens (tertiary/aromatic N) is 6. The second-order valence-electron chi connectivity index (χ2n) is 5.91. The third-order valence-corrected chi connectivity index (χ3v) is 4.34. The third kappa shape index (κ3) is 2.80. The molecule has 1 fully saturated rings. The lowest BCUT2D eigenvalue weighted by atomic mass is 10.0. The molecule has 1 amide bonds. The summed E-state index contributed by atoms with van der Waals surface area (Å²) >= 11 is 0. The van der Waals surface area contributed by atoms with E-state index in [2.05, 4.69) is 15.1 Å². The van der Waals surface area contributed by atoms with Crippen LogP contribution in [0.15, 0.2) is 55.5 Å². The van der Waals surface area contributed by atoms with Crippen molar-refractivity contribution in [2.45, 2.75) is 18.9 Å². The van der Waals surface area contributed by atoms with Crippen molar-refractivity contribution >= 4 is 5.91 Å². The molecular weight excluding hydrogens is 304 g/mol. The first-order chi connectivity index (χ1) is 11.8. The van der Waals surface area contributed by atoms with E-state index < -0.39 is 0 Å². The number of carbonyl (C=O) groups is 1. The van der Waals surface area contributed by atoms with Gasteiger partial charge in [0.1, 0.15) is 12.1 Å². The fraction of sp³-hybridized carbons (Fsp3) is 0.294. The van der Waals surface area contributed by atoms with Gasteiger partial charge in [-0.1, -0.05) is 0 Å². The normalized spacial score (nSPS) is 17.8. The van der Waals surface area contributed by atoms with Crippen molar-refractivity contribution in [3.8, 4) is 5.82 Å². The average Bonchev–Trinajstić information content (AvgIpc) is 3.35. The number of amides is 1. The van der Waals surface area contributed by atoms with Gasteiger partial charge in [0, 0.05) is 49.6 Å². The van der Waals surface area contributed by atoms with Crippen LogP contribution in [0.3, 0.4) is 0 Å². The molecule has 3 aromatic heterocycles. The molecule has 1 unspecified atom stereocenters. The molecule has 0 bridgehead atoms. The quantitative estimate of drug-likeness (QED) is 0.739. The maximum absolute atomic E-state index is 12.9. The number of imidazole rings is 1. The van der Waals surface area contributed by atoms with Gasteiger partial charge in [-0.2, -0.15) is 5.10 Å². The van der Waals surface area contributed by atoms with E-state index >= 15 is 0 Å².